The number of anilines is 6. The van der Waals surface area contributed by atoms with E-state index in [1.165, 1.54) is 98.7 Å². The predicted molar refractivity (Wildman–Crippen MR) is 256 cm³/mol. The fourth-order valence-corrected chi connectivity index (χ4v) is 11.0. The summed E-state index contributed by atoms with van der Waals surface area (Å²) in [6.45, 7) is 37.4. The molecule has 0 bridgehead atoms. The van der Waals surface area contributed by atoms with Gasteiger partial charge in [0.1, 0.15) is 0 Å². The van der Waals surface area contributed by atoms with E-state index in [4.69, 9.17) is 9.47 Å². The monoisotopic (exact) mass is 800 g/mol. The first-order chi connectivity index (χ1) is 27.4. The van der Waals surface area contributed by atoms with E-state index >= 15 is 0 Å². The van der Waals surface area contributed by atoms with Crippen molar-refractivity contribution in [2.24, 2.45) is 0 Å². The van der Waals surface area contributed by atoms with Gasteiger partial charge in [0.25, 0.3) is 6.71 Å². The number of fused-ring (bicyclic) bond motifs is 7. The molecule has 0 saturated heterocycles. The lowest BCUT2D eigenvalue weighted by molar-refractivity contribution is 0.174. The molecule has 59 heavy (non-hydrogen) atoms. The van der Waals surface area contributed by atoms with Crippen molar-refractivity contribution in [2.75, 3.05) is 16.6 Å². The molecule has 3 aliphatic heterocycles. The van der Waals surface area contributed by atoms with Crippen LogP contribution >= 0.6 is 11.3 Å². The summed E-state index contributed by atoms with van der Waals surface area (Å²) in [6.07, 6.45) is 0. The Kier molecular flexibility index (Phi) is 8.70. The van der Waals surface area contributed by atoms with Crippen LogP contribution in [0.25, 0.3) is 10.1 Å². The molecule has 0 fully saturated rings. The Hall–Kier alpha value is -4.68. The van der Waals surface area contributed by atoms with Crippen LogP contribution in [0.15, 0.2) is 66.7 Å². The Morgan fingerprint density at radius 1 is 0.492 bits per heavy atom. The van der Waals surface area contributed by atoms with Gasteiger partial charge in [-0.1, -0.05) is 113 Å². The molecule has 0 atom stereocenters. The molecule has 4 nitrogen and oxygen atoms in total. The smallest absolute Gasteiger partial charge is 0.264 e. The molecular formula is C53H61BN2O2S. The van der Waals surface area contributed by atoms with Crippen LogP contribution in [0.3, 0.4) is 0 Å². The Morgan fingerprint density at radius 2 is 0.949 bits per heavy atom. The second kappa shape index (κ2) is 12.9. The molecule has 4 heterocycles. The fourth-order valence-electron chi connectivity index (χ4n) is 9.72. The molecule has 9 rings (SSSR count). The van der Waals surface area contributed by atoms with E-state index in [1.54, 1.807) is 0 Å². The van der Waals surface area contributed by atoms with Crippen molar-refractivity contribution in [3.63, 3.8) is 0 Å². The summed E-state index contributed by atoms with van der Waals surface area (Å²) in [4.78, 5) is 5.26. The highest BCUT2D eigenvalue weighted by Gasteiger charge is 2.47. The van der Waals surface area contributed by atoms with Gasteiger partial charge in [0, 0.05) is 38.0 Å². The zero-order valence-corrected chi connectivity index (χ0v) is 39.1. The van der Waals surface area contributed by atoms with Gasteiger partial charge in [0.05, 0.1) is 17.1 Å². The summed E-state index contributed by atoms with van der Waals surface area (Å²) in [5.41, 5.74) is 20.5. The van der Waals surface area contributed by atoms with Gasteiger partial charge < -0.3 is 19.3 Å². The molecule has 304 valence electrons. The molecule has 5 aromatic carbocycles. The minimum Gasteiger partial charge on any atom is -0.454 e. The van der Waals surface area contributed by atoms with E-state index in [0.717, 1.165) is 17.2 Å². The van der Waals surface area contributed by atoms with Crippen molar-refractivity contribution >= 4 is 78.0 Å². The van der Waals surface area contributed by atoms with Gasteiger partial charge in [-0.3, -0.25) is 0 Å². The lowest BCUT2D eigenvalue weighted by Gasteiger charge is -2.45. The highest BCUT2D eigenvalue weighted by Crippen LogP contribution is 2.53. The summed E-state index contributed by atoms with van der Waals surface area (Å²) in [6, 6.07) is 26.5. The number of thiophene rings is 1. The number of hydrogen-bond donors (Lipinski definition) is 0. The van der Waals surface area contributed by atoms with Crippen molar-refractivity contribution < 1.29 is 9.47 Å². The van der Waals surface area contributed by atoms with Gasteiger partial charge in [-0.25, -0.2) is 0 Å². The SMILES string of the molecule is Cc1cc(C(C)(C)C)cc(C)c1N1c2cc3c(cc2B2c4sc5ccc(C(C)(C)C)cc5c4N(c4c(C)cc(C(C)(C)C)cc4C)c4cc(C(C)(C)C)cc1c42)OCO3. The first-order valence-corrected chi connectivity index (χ1v) is 22.3. The molecule has 0 saturated carbocycles. The molecule has 6 aromatic rings. The maximum Gasteiger partial charge on any atom is 0.264 e. The van der Waals surface area contributed by atoms with Crippen LogP contribution in [0.4, 0.5) is 34.1 Å². The molecule has 0 spiro atoms. The van der Waals surface area contributed by atoms with Gasteiger partial charge >= 0.3 is 0 Å². The highest BCUT2D eigenvalue weighted by molar-refractivity contribution is 7.33. The quantitative estimate of drug-likeness (QED) is 0.163. The van der Waals surface area contributed by atoms with E-state index in [9.17, 15) is 0 Å². The lowest BCUT2D eigenvalue weighted by atomic mass is 9.36. The van der Waals surface area contributed by atoms with E-state index in [-0.39, 0.29) is 35.2 Å². The summed E-state index contributed by atoms with van der Waals surface area (Å²) in [5.74, 6) is 1.63. The molecule has 0 unspecified atom stereocenters. The van der Waals surface area contributed by atoms with E-state index in [2.05, 4.69) is 187 Å². The largest absolute Gasteiger partial charge is 0.454 e. The number of benzene rings is 5. The number of ether oxygens (including phenoxy) is 2. The van der Waals surface area contributed by atoms with Crippen LogP contribution < -0.4 is 35.0 Å². The molecule has 3 aliphatic rings. The van der Waals surface area contributed by atoms with Crippen molar-refractivity contribution in [1.82, 2.24) is 0 Å². The van der Waals surface area contributed by atoms with Crippen molar-refractivity contribution in [2.45, 2.75) is 132 Å². The van der Waals surface area contributed by atoms with E-state index in [1.807, 2.05) is 11.3 Å². The topological polar surface area (TPSA) is 24.9 Å². The normalized spacial score (nSPS) is 14.9. The molecule has 0 aliphatic carbocycles. The molecular weight excluding hydrogens is 739 g/mol. The summed E-state index contributed by atoms with van der Waals surface area (Å²) in [7, 11) is 0. The van der Waals surface area contributed by atoms with Crippen LogP contribution in [0.5, 0.6) is 11.5 Å². The maximum absolute atomic E-state index is 6.21. The fraction of sp³-hybridized carbons (Fsp3) is 0.396. The molecule has 0 amide bonds. The average Bonchev–Trinajstić information content (AvgIpc) is 3.74. The van der Waals surface area contributed by atoms with E-state index in [0.29, 0.717) is 0 Å². The van der Waals surface area contributed by atoms with Gasteiger partial charge in [0.15, 0.2) is 11.5 Å². The van der Waals surface area contributed by atoms with Gasteiger partial charge in [0.2, 0.25) is 6.79 Å². The Labute approximate surface area is 357 Å². The van der Waals surface area contributed by atoms with Crippen LogP contribution in [0, 0.1) is 27.7 Å². The number of rotatable bonds is 2. The molecule has 1 aromatic heterocycles. The third-order valence-corrected chi connectivity index (χ3v) is 14.3. The van der Waals surface area contributed by atoms with Crippen molar-refractivity contribution in [3.8, 4) is 11.5 Å². The van der Waals surface area contributed by atoms with Gasteiger partial charge in [-0.15, -0.1) is 11.3 Å². The number of aryl methyl sites for hydroxylation is 4. The summed E-state index contributed by atoms with van der Waals surface area (Å²) in [5, 5.41) is 1.32. The number of hydrogen-bond acceptors (Lipinski definition) is 5. The second-order valence-electron chi connectivity index (χ2n) is 21.7. The minimum absolute atomic E-state index is 0.00126. The molecule has 0 N–H and O–H groups in total. The van der Waals surface area contributed by atoms with Crippen molar-refractivity contribution in [3.05, 3.63) is 111 Å². The first kappa shape index (κ1) is 39.8. The third-order valence-electron chi connectivity index (χ3n) is 13.0. The molecule has 6 heteroatoms. The Bertz CT molecular complexity index is 2700. The van der Waals surface area contributed by atoms with Crippen LogP contribution in [0.1, 0.15) is 128 Å². The standard InChI is InChI=1S/C53H61BN2O2S/c1-29-19-34(51(8,9)10)20-30(2)46(29)55-39-27-43-42(57-28-58-43)26-38(39)54-45-40(55)24-36(53(14,15)16)25-41(45)56(47-31(3)21-35(22-32(47)4)52(11,12)13)48-37-23-33(50(5,6)7)17-18-44(37)59-49(48)54/h17-27H,28H2,1-16H3. The lowest BCUT2D eigenvalue weighted by Crippen LogP contribution is -2.60. The first-order valence-electron chi connectivity index (χ1n) is 21.5. The van der Waals surface area contributed by atoms with Gasteiger partial charge in [-0.05, 0) is 135 Å². The minimum atomic E-state index is -0.121. The second-order valence-corrected chi connectivity index (χ2v) is 22.8. The van der Waals surface area contributed by atoms with Gasteiger partial charge in [-0.2, -0.15) is 0 Å². The Balaban J connectivity index is 1.46. The molecule has 0 radical (unpaired) electrons. The Morgan fingerprint density at radius 3 is 1.46 bits per heavy atom. The summed E-state index contributed by atoms with van der Waals surface area (Å²) < 4.78 is 15.1. The average molecular weight is 801 g/mol. The van der Waals surface area contributed by atoms with Crippen LogP contribution in [0.2, 0.25) is 0 Å². The number of nitrogens with zero attached hydrogens (tertiary/aromatic N) is 2. The van der Waals surface area contributed by atoms with Crippen LogP contribution in [-0.4, -0.2) is 13.5 Å². The third kappa shape index (κ3) is 6.22. The highest BCUT2D eigenvalue weighted by atomic mass is 32.1. The predicted octanol–water partition coefficient (Wildman–Crippen LogP) is 13.1. The maximum atomic E-state index is 6.21. The van der Waals surface area contributed by atoms with Crippen molar-refractivity contribution in [1.29, 1.82) is 0 Å². The zero-order chi connectivity index (χ0) is 42.5. The summed E-state index contributed by atoms with van der Waals surface area (Å²) >= 11 is 1.96. The zero-order valence-electron chi connectivity index (χ0n) is 38.3. The van der Waals surface area contributed by atoms with E-state index < -0.39 is 0 Å². The van der Waals surface area contributed by atoms with Crippen LogP contribution in [-0.2, 0) is 21.7 Å².